The van der Waals surface area contributed by atoms with Gasteiger partial charge in [0.1, 0.15) is 23.1 Å². The summed E-state index contributed by atoms with van der Waals surface area (Å²) in [6.45, 7) is 19.7. The molecule has 1 heterocycles. The molecule has 2 aromatic carbocycles. The number of carbonyl (C=O) groups is 3. The summed E-state index contributed by atoms with van der Waals surface area (Å²) in [4.78, 5) is 42.7. The van der Waals surface area contributed by atoms with E-state index in [9.17, 15) is 22.8 Å². The van der Waals surface area contributed by atoms with Crippen molar-refractivity contribution in [1.82, 2.24) is 20.3 Å². The van der Waals surface area contributed by atoms with Crippen LogP contribution in [0, 0.1) is 20.8 Å². The van der Waals surface area contributed by atoms with Crippen molar-refractivity contribution in [2.24, 2.45) is 0 Å². The second-order valence-corrected chi connectivity index (χ2v) is 18.4. The molecule has 0 spiro atoms. The van der Waals surface area contributed by atoms with E-state index in [1.807, 2.05) is 58.0 Å². The Morgan fingerprint density at radius 1 is 0.705 bits per heavy atom. The van der Waals surface area contributed by atoms with Gasteiger partial charge in [-0.25, -0.2) is 18.2 Å². The number of hydrogen-bond acceptors (Lipinski definition) is 12. The highest BCUT2D eigenvalue weighted by Gasteiger charge is 2.32. The van der Waals surface area contributed by atoms with E-state index in [0.717, 1.165) is 29.1 Å². The molecular formula is C45H67N5O10S. The predicted molar refractivity (Wildman–Crippen MR) is 235 cm³/mol. The molecule has 0 aliphatic carbocycles. The predicted octanol–water partition coefficient (Wildman–Crippen LogP) is 5.98. The van der Waals surface area contributed by atoms with Gasteiger partial charge in [0.05, 0.1) is 31.3 Å². The molecule has 0 aliphatic rings. The third-order valence-corrected chi connectivity index (χ3v) is 10.4. The zero-order valence-corrected chi connectivity index (χ0v) is 38.2. The van der Waals surface area contributed by atoms with Gasteiger partial charge in [0, 0.05) is 44.1 Å². The van der Waals surface area contributed by atoms with E-state index >= 15 is 0 Å². The molecule has 16 heteroatoms. The SMILES string of the molecule is Cc1cc(C)c(S(=O)(=O)N[C@@H](CNC(=O)c2ccc(CCc3cccc(NCCCOCCOCCOCCCNC(=O)OC(C)(C)C)n3)cc2)C(=O)OC(C)(C)C)c(C)c1. The summed E-state index contributed by atoms with van der Waals surface area (Å²) < 4.78 is 56.9. The fraction of sp³-hybridized carbons (Fsp3) is 0.556. The number of carbonyl (C=O) groups excluding carboxylic acids is 3. The number of benzene rings is 2. The Bertz CT molecular complexity index is 1940. The van der Waals surface area contributed by atoms with Crippen LogP contribution in [0.2, 0.25) is 0 Å². The van der Waals surface area contributed by atoms with Crippen LogP contribution >= 0.6 is 0 Å². The number of aryl methyl sites for hydroxylation is 5. The standard InChI is InChI=1S/C45H67N5O10S/c1-32-29-33(2)40(34(3)30-32)61(54,55)50-38(42(52)59-44(4,5)6)31-48-41(51)36-18-15-35(16-19-36)17-20-37-13-10-14-39(49-37)46-21-11-23-56-25-27-58-28-26-57-24-12-22-47-43(53)60-45(7,8)9/h10,13-16,18-19,29-30,38,50H,11-12,17,20-28,31H2,1-9H3,(H,46,49)(H,47,53)(H,48,51)/t38-/m0/s1. The highest BCUT2D eigenvalue weighted by atomic mass is 32.2. The minimum absolute atomic E-state index is 0.0896. The van der Waals surface area contributed by atoms with Gasteiger partial charge in [0.2, 0.25) is 10.0 Å². The molecule has 61 heavy (non-hydrogen) atoms. The van der Waals surface area contributed by atoms with E-state index in [2.05, 4.69) is 20.7 Å². The Labute approximate surface area is 362 Å². The second-order valence-electron chi connectivity index (χ2n) is 16.8. The van der Waals surface area contributed by atoms with Crippen LogP contribution in [0.4, 0.5) is 10.6 Å². The van der Waals surface area contributed by atoms with Crippen molar-refractivity contribution in [2.75, 3.05) is 64.6 Å². The van der Waals surface area contributed by atoms with Gasteiger partial charge in [-0.05, 0) is 129 Å². The van der Waals surface area contributed by atoms with Crippen LogP contribution in [-0.4, -0.2) is 108 Å². The van der Waals surface area contributed by atoms with E-state index in [0.29, 0.717) is 88.7 Å². The maximum absolute atomic E-state index is 13.5. The number of alkyl carbamates (subject to hydrolysis) is 1. The zero-order chi connectivity index (χ0) is 45.1. The fourth-order valence-corrected chi connectivity index (χ4v) is 7.74. The quantitative estimate of drug-likeness (QED) is 0.0577. The lowest BCUT2D eigenvalue weighted by molar-refractivity contribution is -0.156. The molecule has 0 radical (unpaired) electrons. The van der Waals surface area contributed by atoms with Gasteiger partial charge < -0.3 is 39.6 Å². The zero-order valence-electron chi connectivity index (χ0n) is 37.4. The lowest BCUT2D eigenvalue weighted by atomic mass is 10.1. The number of hydrogen-bond donors (Lipinski definition) is 4. The van der Waals surface area contributed by atoms with Gasteiger partial charge in [0.25, 0.3) is 5.91 Å². The van der Waals surface area contributed by atoms with Gasteiger partial charge in [-0.3, -0.25) is 9.59 Å². The normalized spacial score (nSPS) is 12.4. The Morgan fingerprint density at radius 3 is 1.87 bits per heavy atom. The van der Waals surface area contributed by atoms with Crippen molar-refractivity contribution in [3.05, 3.63) is 88.1 Å². The Balaban J connectivity index is 1.34. The molecule has 338 valence electrons. The molecule has 3 rings (SSSR count). The molecule has 0 aliphatic heterocycles. The highest BCUT2D eigenvalue weighted by molar-refractivity contribution is 7.89. The van der Waals surface area contributed by atoms with Crippen LogP contribution in [0.3, 0.4) is 0 Å². The molecule has 0 unspecified atom stereocenters. The molecule has 0 saturated heterocycles. The van der Waals surface area contributed by atoms with Gasteiger partial charge in [-0.15, -0.1) is 0 Å². The average Bonchev–Trinajstić information content (AvgIpc) is 3.15. The maximum atomic E-state index is 13.5. The van der Waals surface area contributed by atoms with E-state index in [4.69, 9.17) is 28.7 Å². The first-order valence-corrected chi connectivity index (χ1v) is 22.3. The molecule has 1 atom stereocenters. The number of pyridine rings is 1. The van der Waals surface area contributed by atoms with Gasteiger partial charge >= 0.3 is 12.1 Å². The summed E-state index contributed by atoms with van der Waals surface area (Å²) in [5.41, 5.74) is 2.94. The molecule has 1 aromatic heterocycles. The first kappa shape index (κ1) is 50.7. The molecule has 2 amide bonds. The minimum atomic E-state index is -4.14. The summed E-state index contributed by atoms with van der Waals surface area (Å²) in [5, 5.41) is 8.74. The van der Waals surface area contributed by atoms with Crippen LogP contribution < -0.4 is 20.7 Å². The molecule has 0 saturated carbocycles. The summed E-state index contributed by atoms with van der Waals surface area (Å²) in [5.74, 6) is -0.472. The fourth-order valence-electron chi connectivity index (χ4n) is 6.10. The third kappa shape index (κ3) is 20.2. The van der Waals surface area contributed by atoms with Crippen LogP contribution in [0.1, 0.15) is 92.7 Å². The first-order valence-electron chi connectivity index (χ1n) is 20.8. The number of amides is 2. The van der Waals surface area contributed by atoms with E-state index < -0.39 is 45.2 Å². The molecule has 0 fully saturated rings. The molecule has 3 aromatic rings. The van der Waals surface area contributed by atoms with Crippen molar-refractivity contribution < 1.29 is 46.5 Å². The average molecular weight is 870 g/mol. The lowest BCUT2D eigenvalue weighted by Gasteiger charge is -2.25. The highest BCUT2D eigenvalue weighted by Crippen LogP contribution is 2.22. The first-order chi connectivity index (χ1) is 28.7. The van der Waals surface area contributed by atoms with Crippen LogP contribution in [0.15, 0.2) is 59.5 Å². The number of esters is 1. The number of nitrogens with zero attached hydrogens (tertiary/aromatic N) is 1. The largest absolute Gasteiger partial charge is 0.459 e. The number of anilines is 1. The molecular weight excluding hydrogens is 803 g/mol. The topological polar surface area (TPSA) is 193 Å². The van der Waals surface area contributed by atoms with Crippen molar-refractivity contribution in [3.8, 4) is 0 Å². The monoisotopic (exact) mass is 869 g/mol. The molecule has 0 bridgehead atoms. The van der Waals surface area contributed by atoms with Crippen molar-refractivity contribution in [3.63, 3.8) is 0 Å². The number of rotatable bonds is 25. The van der Waals surface area contributed by atoms with Crippen molar-refractivity contribution in [2.45, 2.75) is 110 Å². The summed E-state index contributed by atoms with van der Waals surface area (Å²) in [6, 6.07) is 15.2. The van der Waals surface area contributed by atoms with Crippen LogP contribution in [-0.2, 0) is 51.3 Å². The van der Waals surface area contributed by atoms with Gasteiger partial charge in [-0.1, -0.05) is 35.9 Å². The number of aromatic nitrogens is 1. The van der Waals surface area contributed by atoms with E-state index in [1.165, 1.54) is 0 Å². The summed E-state index contributed by atoms with van der Waals surface area (Å²) in [7, 11) is -4.14. The van der Waals surface area contributed by atoms with E-state index in [-0.39, 0.29) is 11.4 Å². The van der Waals surface area contributed by atoms with Gasteiger partial charge in [0.15, 0.2) is 0 Å². The molecule has 4 N–H and O–H groups in total. The number of sulfonamides is 1. The Hall–Kier alpha value is -4.61. The van der Waals surface area contributed by atoms with E-state index in [1.54, 1.807) is 58.9 Å². The Kier molecular flexibility index (Phi) is 20.6. The summed E-state index contributed by atoms with van der Waals surface area (Å²) >= 11 is 0. The third-order valence-electron chi connectivity index (χ3n) is 8.67. The lowest BCUT2D eigenvalue weighted by Crippen LogP contribution is -2.50. The minimum Gasteiger partial charge on any atom is -0.459 e. The smallest absolute Gasteiger partial charge is 0.407 e. The number of nitrogens with one attached hydrogen (secondary N) is 4. The van der Waals surface area contributed by atoms with Gasteiger partial charge in [-0.2, -0.15) is 4.72 Å². The van der Waals surface area contributed by atoms with Crippen molar-refractivity contribution in [1.29, 1.82) is 0 Å². The molecule has 15 nitrogen and oxygen atoms in total. The Morgan fingerprint density at radius 2 is 1.28 bits per heavy atom. The van der Waals surface area contributed by atoms with Crippen LogP contribution in [0.5, 0.6) is 0 Å². The maximum Gasteiger partial charge on any atom is 0.407 e. The summed E-state index contributed by atoms with van der Waals surface area (Å²) in [6.07, 6.45) is 2.46. The number of ether oxygens (including phenoxy) is 5. The second kappa shape index (κ2) is 24.7. The van der Waals surface area contributed by atoms with Crippen LogP contribution in [0.25, 0.3) is 0 Å². The van der Waals surface area contributed by atoms with Crippen molar-refractivity contribution >= 4 is 33.8 Å².